The molecule has 0 fully saturated rings. The first-order chi connectivity index (χ1) is 8.54. The molecule has 2 rings (SSSR count). The predicted molar refractivity (Wildman–Crippen MR) is 66.2 cm³/mol. The van der Waals surface area contributed by atoms with Gasteiger partial charge in [0.15, 0.2) is 5.96 Å². The van der Waals surface area contributed by atoms with E-state index in [0.717, 1.165) is 5.56 Å². The quantitative estimate of drug-likeness (QED) is 0.737. The normalized spacial score (nSPS) is 19.0. The molecule has 1 atom stereocenters. The molecule has 0 saturated carbocycles. The molecule has 7 heteroatoms. The fourth-order valence-corrected chi connectivity index (χ4v) is 1.82. The Morgan fingerprint density at radius 3 is 2.89 bits per heavy atom. The lowest BCUT2D eigenvalue weighted by molar-refractivity contribution is 0.118. The smallest absolute Gasteiger partial charge is 0.314 e. The lowest BCUT2D eigenvalue weighted by atomic mass is 10.1. The van der Waals surface area contributed by atoms with Crippen molar-refractivity contribution in [3.05, 3.63) is 46.7 Å². The highest BCUT2D eigenvalue weighted by Crippen LogP contribution is 2.24. The SMILES string of the molecule is NC1=NC(c2cccc(Cl)c2)C=C(NC(F)F)N1. The topological polar surface area (TPSA) is 62.4 Å². The van der Waals surface area contributed by atoms with Crippen molar-refractivity contribution in [3.8, 4) is 0 Å². The maximum Gasteiger partial charge on any atom is 0.314 e. The summed E-state index contributed by atoms with van der Waals surface area (Å²) in [5.74, 6) is 0.202. The van der Waals surface area contributed by atoms with Gasteiger partial charge in [-0.3, -0.25) is 0 Å². The Morgan fingerprint density at radius 1 is 1.44 bits per heavy atom. The van der Waals surface area contributed by atoms with Crippen LogP contribution in [0.2, 0.25) is 5.02 Å². The van der Waals surface area contributed by atoms with Gasteiger partial charge in [-0.05, 0) is 23.8 Å². The van der Waals surface area contributed by atoms with E-state index in [4.69, 9.17) is 17.3 Å². The number of alkyl halides is 2. The number of halogens is 3. The third-order valence-corrected chi connectivity index (χ3v) is 2.56. The molecule has 0 amide bonds. The fraction of sp³-hybridized carbons (Fsp3) is 0.182. The van der Waals surface area contributed by atoms with Crippen molar-refractivity contribution < 1.29 is 8.78 Å². The van der Waals surface area contributed by atoms with Crippen LogP contribution < -0.4 is 16.4 Å². The summed E-state index contributed by atoms with van der Waals surface area (Å²) >= 11 is 5.87. The van der Waals surface area contributed by atoms with Gasteiger partial charge in [0.2, 0.25) is 0 Å². The molecular weight excluding hydrogens is 262 g/mol. The number of rotatable bonds is 3. The predicted octanol–water partition coefficient (Wildman–Crippen LogP) is 1.95. The second-order valence-electron chi connectivity index (χ2n) is 3.66. The molecule has 1 unspecified atom stereocenters. The lowest BCUT2D eigenvalue weighted by Crippen LogP contribution is -2.41. The summed E-state index contributed by atoms with van der Waals surface area (Å²) < 4.78 is 24.5. The van der Waals surface area contributed by atoms with Crippen molar-refractivity contribution >= 4 is 17.6 Å². The van der Waals surface area contributed by atoms with Gasteiger partial charge in [-0.2, -0.15) is 8.78 Å². The van der Waals surface area contributed by atoms with Crippen molar-refractivity contribution in [3.63, 3.8) is 0 Å². The van der Waals surface area contributed by atoms with Crippen LogP contribution in [0.25, 0.3) is 0 Å². The number of guanidine groups is 1. The number of nitrogens with two attached hydrogens (primary N) is 1. The van der Waals surface area contributed by atoms with Crippen LogP contribution in [0.4, 0.5) is 8.78 Å². The molecule has 0 saturated heterocycles. The fourth-order valence-electron chi connectivity index (χ4n) is 1.62. The van der Waals surface area contributed by atoms with Gasteiger partial charge in [-0.15, -0.1) is 0 Å². The first-order valence-corrected chi connectivity index (χ1v) is 5.54. The van der Waals surface area contributed by atoms with E-state index < -0.39 is 12.6 Å². The third kappa shape index (κ3) is 3.10. The Balaban J connectivity index is 2.26. The molecule has 0 aliphatic carbocycles. The standard InChI is InChI=1S/C11H11ClF2N4/c12-7-3-1-2-6(4-7)8-5-9(17-10(13)14)18-11(15)16-8/h1-5,8,10,17H,(H3,15,16,18). The van der Waals surface area contributed by atoms with Gasteiger partial charge in [-0.1, -0.05) is 23.7 Å². The minimum absolute atomic E-state index is 0.0747. The van der Waals surface area contributed by atoms with Crippen molar-refractivity contribution in [2.45, 2.75) is 12.6 Å². The van der Waals surface area contributed by atoms with Gasteiger partial charge < -0.3 is 16.4 Å². The van der Waals surface area contributed by atoms with Gasteiger partial charge in [-0.25, -0.2) is 4.99 Å². The molecule has 0 bridgehead atoms. The van der Waals surface area contributed by atoms with E-state index in [9.17, 15) is 8.78 Å². The van der Waals surface area contributed by atoms with Crippen LogP contribution in [0.1, 0.15) is 11.6 Å². The Labute approximate surface area is 108 Å². The van der Waals surface area contributed by atoms with E-state index in [2.05, 4.69) is 10.3 Å². The van der Waals surface area contributed by atoms with Crippen LogP contribution in [0.5, 0.6) is 0 Å². The van der Waals surface area contributed by atoms with Gasteiger partial charge in [0.25, 0.3) is 0 Å². The monoisotopic (exact) mass is 272 g/mol. The summed E-state index contributed by atoms with van der Waals surface area (Å²) in [7, 11) is 0. The lowest BCUT2D eigenvalue weighted by Gasteiger charge is -2.21. The molecule has 4 nitrogen and oxygen atoms in total. The van der Waals surface area contributed by atoms with Crippen LogP contribution >= 0.6 is 11.6 Å². The number of hydrogen-bond acceptors (Lipinski definition) is 4. The molecule has 1 aromatic carbocycles. The summed E-state index contributed by atoms with van der Waals surface area (Å²) in [6.45, 7) is -2.67. The van der Waals surface area contributed by atoms with Crippen LogP contribution in [-0.2, 0) is 0 Å². The van der Waals surface area contributed by atoms with Crippen LogP contribution in [0, 0.1) is 0 Å². The largest absolute Gasteiger partial charge is 0.370 e. The zero-order valence-electron chi connectivity index (χ0n) is 9.20. The third-order valence-electron chi connectivity index (χ3n) is 2.32. The molecular formula is C11H11ClF2N4. The van der Waals surface area contributed by atoms with Gasteiger partial charge in [0, 0.05) is 5.02 Å². The highest BCUT2D eigenvalue weighted by Gasteiger charge is 2.17. The molecule has 96 valence electrons. The van der Waals surface area contributed by atoms with Gasteiger partial charge in [0.05, 0.1) is 0 Å². The van der Waals surface area contributed by atoms with E-state index in [1.165, 1.54) is 6.08 Å². The summed E-state index contributed by atoms with van der Waals surface area (Å²) in [5.41, 5.74) is 6.33. The molecule has 1 aliphatic rings. The molecule has 1 aliphatic heterocycles. The van der Waals surface area contributed by atoms with E-state index in [0.29, 0.717) is 5.02 Å². The Morgan fingerprint density at radius 2 is 2.22 bits per heavy atom. The van der Waals surface area contributed by atoms with Crippen LogP contribution in [-0.4, -0.2) is 12.5 Å². The Bertz CT molecular complexity index is 502. The van der Waals surface area contributed by atoms with Crippen molar-refractivity contribution in [1.29, 1.82) is 0 Å². The van der Waals surface area contributed by atoms with E-state index >= 15 is 0 Å². The molecule has 4 N–H and O–H groups in total. The first-order valence-electron chi connectivity index (χ1n) is 5.17. The first kappa shape index (κ1) is 12.6. The van der Waals surface area contributed by atoms with Crippen LogP contribution in [0.3, 0.4) is 0 Å². The zero-order valence-corrected chi connectivity index (χ0v) is 9.96. The number of nitrogens with zero attached hydrogens (tertiary/aromatic N) is 1. The minimum Gasteiger partial charge on any atom is -0.370 e. The van der Waals surface area contributed by atoms with E-state index in [1.807, 2.05) is 5.32 Å². The molecule has 1 heterocycles. The second-order valence-corrected chi connectivity index (χ2v) is 4.10. The number of benzene rings is 1. The Kier molecular flexibility index (Phi) is 3.66. The highest BCUT2D eigenvalue weighted by molar-refractivity contribution is 6.30. The minimum atomic E-state index is -2.67. The molecule has 1 aromatic rings. The summed E-state index contributed by atoms with van der Waals surface area (Å²) in [4.78, 5) is 4.11. The molecule has 0 radical (unpaired) electrons. The number of aliphatic imine (C=N–C) groups is 1. The van der Waals surface area contributed by atoms with Crippen LogP contribution in [0.15, 0.2) is 41.2 Å². The van der Waals surface area contributed by atoms with E-state index in [-0.39, 0.29) is 11.8 Å². The number of nitrogens with one attached hydrogen (secondary N) is 2. The maximum absolute atomic E-state index is 12.2. The van der Waals surface area contributed by atoms with Gasteiger partial charge in [0.1, 0.15) is 11.9 Å². The van der Waals surface area contributed by atoms with Crippen molar-refractivity contribution in [1.82, 2.24) is 10.6 Å². The summed E-state index contributed by atoms with van der Waals surface area (Å²) in [6.07, 6.45) is 1.52. The second kappa shape index (κ2) is 5.22. The molecule has 0 aromatic heterocycles. The molecule has 0 spiro atoms. The van der Waals surface area contributed by atoms with Gasteiger partial charge >= 0.3 is 6.55 Å². The maximum atomic E-state index is 12.2. The zero-order chi connectivity index (χ0) is 13.1. The average molecular weight is 273 g/mol. The molecule has 18 heavy (non-hydrogen) atoms. The van der Waals surface area contributed by atoms with E-state index in [1.54, 1.807) is 24.3 Å². The van der Waals surface area contributed by atoms with Crippen molar-refractivity contribution in [2.75, 3.05) is 0 Å². The average Bonchev–Trinajstić information content (AvgIpc) is 2.27. The summed E-state index contributed by atoms with van der Waals surface area (Å²) in [6, 6.07) is 6.56. The Hall–Kier alpha value is -1.82. The number of hydrogen-bond donors (Lipinski definition) is 3. The summed E-state index contributed by atoms with van der Waals surface area (Å²) in [5, 5.41) is 5.03. The van der Waals surface area contributed by atoms with Crippen molar-refractivity contribution in [2.24, 2.45) is 10.7 Å². The highest BCUT2D eigenvalue weighted by atomic mass is 35.5.